The molecule has 0 amide bonds. The lowest BCUT2D eigenvalue weighted by Crippen LogP contribution is -2.40. The number of rotatable bonds is 4. The lowest BCUT2D eigenvalue weighted by molar-refractivity contribution is 0.0779. The van der Waals surface area contributed by atoms with E-state index in [9.17, 15) is 5.11 Å². The van der Waals surface area contributed by atoms with Crippen molar-refractivity contribution in [1.82, 2.24) is 5.32 Å². The van der Waals surface area contributed by atoms with Gasteiger partial charge in [0.2, 0.25) is 0 Å². The predicted octanol–water partition coefficient (Wildman–Crippen LogP) is 2.16. The van der Waals surface area contributed by atoms with Gasteiger partial charge in [-0.05, 0) is 29.3 Å². The van der Waals surface area contributed by atoms with Gasteiger partial charge in [0.05, 0.1) is 6.61 Å². The summed E-state index contributed by atoms with van der Waals surface area (Å²) in [7, 11) is 0. The maximum atomic E-state index is 11.5. The SMILES string of the molecule is OCCNCC1(O)c2ccccc2COc2ccc(Br)cc21. The van der Waals surface area contributed by atoms with Gasteiger partial charge in [-0.3, -0.25) is 0 Å². The highest BCUT2D eigenvalue weighted by molar-refractivity contribution is 9.10. The summed E-state index contributed by atoms with van der Waals surface area (Å²) >= 11 is 3.46. The van der Waals surface area contributed by atoms with Crippen molar-refractivity contribution in [2.75, 3.05) is 19.7 Å². The summed E-state index contributed by atoms with van der Waals surface area (Å²) in [5.74, 6) is 0.674. The van der Waals surface area contributed by atoms with Gasteiger partial charge in [-0.25, -0.2) is 0 Å². The van der Waals surface area contributed by atoms with E-state index in [-0.39, 0.29) is 6.61 Å². The van der Waals surface area contributed by atoms with Crippen LogP contribution in [0.15, 0.2) is 46.9 Å². The molecule has 1 unspecified atom stereocenters. The molecule has 0 spiro atoms. The van der Waals surface area contributed by atoms with Crippen LogP contribution in [0, 0.1) is 0 Å². The first-order valence-electron chi connectivity index (χ1n) is 7.20. The van der Waals surface area contributed by atoms with Crippen LogP contribution in [0.5, 0.6) is 5.75 Å². The largest absolute Gasteiger partial charge is 0.488 e. The van der Waals surface area contributed by atoms with Crippen LogP contribution in [0.1, 0.15) is 16.7 Å². The first-order chi connectivity index (χ1) is 10.6. The van der Waals surface area contributed by atoms with Gasteiger partial charge in [0.1, 0.15) is 18.0 Å². The molecule has 0 fully saturated rings. The molecule has 3 rings (SSSR count). The zero-order valence-corrected chi connectivity index (χ0v) is 13.6. The summed E-state index contributed by atoms with van der Waals surface area (Å²) in [6, 6.07) is 13.4. The maximum Gasteiger partial charge on any atom is 0.131 e. The van der Waals surface area contributed by atoms with Crippen LogP contribution in [0.2, 0.25) is 0 Å². The Balaban J connectivity index is 2.13. The molecule has 0 radical (unpaired) electrons. The molecule has 0 aromatic heterocycles. The molecule has 0 saturated heterocycles. The Hall–Kier alpha value is -1.40. The maximum absolute atomic E-state index is 11.5. The molecule has 1 aliphatic rings. The van der Waals surface area contributed by atoms with Crippen LogP contribution in [0.4, 0.5) is 0 Å². The molecular formula is C17H18BrNO3. The molecule has 1 heterocycles. The smallest absolute Gasteiger partial charge is 0.131 e. The van der Waals surface area contributed by atoms with Crippen LogP contribution in [0.25, 0.3) is 0 Å². The Labute approximate surface area is 137 Å². The molecule has 3 N–H and O–H groups in total. The lowest BCUT2D eigenvalue weighted by Gasteiger charge is -2.30. The Bertz CT molecular complexity index is 677. The Kier molecular flexibility index (Phi) is 4.49. The second-order valence-electron chi connectivity index (χ2n) is 5.35. The average Bonchev–Trinajstić information content (AvgIpc) is 2.64. The van der Waals surface area contributed by atoms with Gasteiger partial charge in [-0.2, -0.15) is 0 Å². The number of ether oxygens (including phenoxy) is 1. The quantitative estimate of drug-likeness (QED) is 0.728. The van der Waals surface area contributed by atoms with Crippen molar-refractivity contribution < 1.29 is 14.9 Å². The van der Waals surface area contributed by atoms with Gasteiger partial charge in [0.25, 0.3) is 0 Å². The van der Waals surface area contributed by atoms with Crippen molar-refractivity contribution in [1.29, 1.82) is 0 Å². The van der Waals surface area contributed by atoms with Crippen LogP contribution in [0.3, 0.4) is 0 Å². The highest BCUT2D eigenvalue weighted by atomic mass is 79.9. The molecule has 0 aliphatic carbocycles. The normalized spacial score (nSPS) is 19.8. The first kappa shape index (κ1) is 15.5. The zero-order chi connectivity index (χ0) is 15.6. The summed E-state index contributed by atoms with van der Waals surface area (Å²) < 4.78 is 6.76. The molecule has 1 atom stereocenters. The molecule has 22 heavy (non-hydrogen) atoms. The third kappa shape index (κ3) is 2.77. The minimum absolute atomic E-state index is 0.0273. The van der Waals surface area contributed by atoms with Crippen molar-refractivity contribution in [3.05, 3.63) is 63.6 Å². The van der Waals surface area contributed by atoms with Gasteiger partial charge in [-0.1, -0.05) is 40.2 Å². The van der Waals surface area contributed by atoms with Crippen molar-refractivity contribution in [3.63, 3.8) is 0 Å². The summed E-state index contributed by atoms with van der Waals surface area (Å²) in [4.78, 5) is 0. The van der Waals surface area contributed by atoms with Gasteiger partial charge in [0.15, 0.2) is 0 Å². The minimum atomic E-state index is -1.21. The summed E-state index contributed by atoms with van der Waals surface area (Å²) in [5.41, 5.74) is 1.30. The lowest BCUT2D eigenvalue weighted by atomic mass is 9.83. The first-order valence-corrected chi connectivity index (χ1v) is 7.99. The van der Waals surface area contributed by atoms with E-state index in [2.05, 4.69) is 21.2 Å². The number of fused-ring (bicyclic) bond motifs is 2. The van der Waals surface area contributed by atoms with E-state index in [1.807, 2.05) is 42.5 Å². The molecule has 5 heteroatoms. The molecular weight excluding hydrogens is 346 g/mol. The van der Waals surface area contributed by atoms with Crippen molar-refractivity contribution in [2.45, 2.75) is 12.2 Å². The highest BCUT2D eigenvalue weighted by Gasteiger charge is 2.38. The third-order valence-corrected chi connectivity index (χ3v) is 4.40. The summed E-state index contributed by atoms with van der Waals surface area (Å²) in [6.07, 6.45) is 0. The van der Waals surface area contributed by atoms with Crippen LogP contribution >= 0.6 is 15.9 Å². The summed E-state index contributed by atoms with van der Waals surface area (Å²) in [6.45, 7) is 1.18. The fourth-order valence-corrected chi connectivity index (χ4v) is 3.20. The molecule has 2 aromatic rings. The molecule has 0 saturated carbocycles. The van der Waals surface area contributed by atoms with Gasteiger partial charge >= 0.3 is 0 Å². The monoisotopic (exact) mass is 363 g/mol. The van der Waals surface area contributed by atoms with Crippen molar-refractivity contribution in [3.8, 4) is 5.75 Å². The van der Waals surface area contributed by atoms with Crippen LogP contribution < -0.4 is 10.1 Å². The van der Waals surface area contributed by atoms with E-state index < -0.39 is 5.60 Å². The fourth-order valence-electron chi connectivity index (χ4n) is 2.84. The van der Waals surface area contributed by atoms with E-state index in [4.69, 9.17) is 9.84 Å². The molecule has 2 aromatic carbocycles. The molecule has 1 aliphatic heterocycles. The second-order valence-corrected chi connectivity index (χ2v) is 6.26. The van der Waals surface area contributed by atoms with E-state index in [0.717, 1.165) is 21.2 Å². The fraction of sp³-hybridized carbons (Fsp3) is 0.294. The molecule has 116 valence electrons. The van der Waals surface area contributed by atoms with Gasteiger partial charge in [-0.15, -0.1) is 0 Å². The van der Waals surface area contributed by atoms with E-state index in [1.165, 1.54) is 0 Å². The standard InChI is InChI=1S/C17H18BrNO3/c18-13-5-6-16-15(9-13)17(21,11-19-7-8-20)14-4-2-1-3-12(14)10-22-16/h1-6,9,19-21H,7-8,10-11H2. The summed E-state index contributed by atoms with van der Waals surface area (Å²) in [5, 5.41) is 23.6. The Morgan fingerprint density at radius 3 is 2.82 bits per heavy atom. The van der Waals surface area contributed by atoms with Gasteiger partial charge in [0, 0.05) is 23.1 Å². The number of aliphatic hydroxyl groups excluding tert-OH is 1. The van der Waals surface area contributed by atoms with Crippen LogP contribution in [-0.2, 0) is 12.2 Å². The number of hydrogen-bond donors (Lipinski definition) is 3. The second kappa shape index (κ2) is 6.38. The Morgan fingerprint density at radius 1 is 1.18 bits per heavy atom. The molecule has 4 nitrogen and oxygen atoms in total. The molecule has 0 bridgehead atoms. The number of hydrogen-bond acceptors (Lipinski definition) is 4. The minimum Gasteiger partial charge on any atom is -0.488 e. The van der Waals surface area contributed by atoms with E-state index in [1.54, 1.807) is 0 Å². The number of nitrogens with one attached hydrogen (secondary N) is 1. The van der Waals surface area contributed by atoms with Gasteiger partial charge < -0.3 is 20.3 Å². The topological polar surface area (TPSA) is 61.7 Å². The predicted molar refractivity (Wildman–Crippen MR) is 87.9 cm³/mol. The van der Waals surface area contributed by atoms with Crippen molar-refractivity contribution in [2.24, 2.45) is 0 Å². The third-order valence-electron chi connectivity index (χ3n) is 3.90. The zero-order valence-electron chi connectivity index (χ0n) is 12.1. The van der Waals surface area contributed by atoms with E-state index in [0.29, 0.717) is 25.4 Å². The number of halogens is 1. The number of aliphatic hydroxyl groups is 2. The van der Waals surface area contributed by atoms with Crippen LogP contribution in [-0.4, -0.2) is 29.9 Å². The Morgan fingerprint density at radius 2 is 2.00 bits per heavy atom. The number of benzene rings is 2. The average molecular weight is 364 g/mol. The highest BCUT2D eigenvalue weighted by Crippen LogP contribution is 2.41. The van der Waals surface area contributed by atoms with Crippen molar-refractivity contribution >= 4 is 15.9 Å². The van der Waals surface area contributed by atoms with E-state index >= 15 is 0 Å².